The molecule has 6 nitrogen and oxygen atoms in total. The summed E-state index contributed by atoms with van der Waals surface area (Å²) in [6, 6.07) is 4.29. The normalized spacial score (nSPS) is 17.8. The average molecular weight is 397 g/mol. The third-order valence-corrected chi connectivity index (χ3v) is 4.81. The Morgan fingerprint density at radius 2 is 2.30 bits per heavy atom. The molecule has 1 unspecified atom stereocenters. The number of amides is 2. The predicted molar refractivity (Wildman–Crippen MR) is 91.5 cm³/mol. The molecular weight excluding hydrogens is 380 g/mol. The van der Waals surface area contributed by atoms with Crippen LogP contribution in [0.15, 0.2) is 34.4 Å². The number of ether oxygens (including phenoxy) is 1. The van der Waals surface area contributed by atoms with Gasteiger partial charge in [0.25, 0.3) is 0 Å². The number of aromatic nitrogens is 2. The van der Waals surface area contributed by atoms with Gasteiger partial charge in [0.1, 0.15) is 6.10 Å². The number of rotatable bonds is 4. The molecule has 3 heterocycles. The van der Waals surface area contributed by atoms with E-state index in [1.165, 1.54) is 0 Å². The lowest BCUT2D eigenvalue weighted by Gasteiger charge is -2.32. The zero-order chi connectivity index (χ0) is 16.1. The number of nitrogens with one attached hydrogen (secondary N) is 1. The minimum atomic E-state index is -0.0718. The highest BCUT2D eigenvalue weighted by Crippen LogP contribution is 2.17. The zero-order valence-electron chi connectivity index (χ0n) is 12.4. The van der Waals surface area contributed by atoms with Crippen LogP contribution in [0.2, 0.25) is 0 Å². The van der Waals surface area contributed by atoms with E-state index in [1.807, 2.05) is 17.5 Å². The SMILES string of the molecule is O=C(NCc1cccs1)N1CCCC(Oc2ncc(Br)cn2)C1. The van der Waals surface area contributed by atoms with Crippen molar-refractivity contribution < 1.29 is 9.53 Å². The molecule has 1 aliphatic rings. The number of hydrogen-bond acceptors (Lipinski definition) is 5. The van der Waals surface area contributed by atoms with Crippen molar-refractivity contribution in [2.24, 2.45) is 0 Å². The first-order chi connectivity index (χ1) is 11.2. The van der Waals surface area contributed by atoms with Gasteiger partial charge < -0.3 is 15.0 Å². The summed E-state index contributed by atoms with van der Waals surface area (Å²) in [5.41, 5.74) is 0. The molecule has 3 rings (SSSR count). The fourth-order valence-electron chi connectivity index (χ4n) is 2.42. The van der Waals surface area contributed by atoms with Gasteiger partial charge in [-0.25, -0.2) is 14.8 Å². The number of piperidine rings is 1. The van der Waals surface area contributed by atoms with Gasteiger partial charge in [-0.15, -0.1) is 11.3 Å². The third-order valence-electron chi connectivity index (χ3n) is 3.53. The summed E-state index contributed by atoms with van der Waals surface area (Å²) in [4.78, 5) is 23.4. The summed E-state index contributed by atoms with van der Waals surface area (Å²) in [6.45, 7) is 1.86. The number of carbonyl (C=O) groups excluding carboxylic acids is 1. The predicted octanol–water partition coefficient (Wildman–Crippen LogP) is 3.05. The standard InChI is InChI=1S/C15H17BrN4O2S/c16-11-7-17-14(18-8-11)22-12-3-1-5-20(10-12)15(21)19-9-13-4-2-6-23-13/h2,4,6-8,12H,1,3,5,9-10H2,(H,19,21). The van der Waals surface area contributed by atoms with Crippen LogP contribution in [0.4, 0.5) is 4.79 Å². The van der Waals surface area contributed by atoms with E-state index < -0.39 is 0 Å². The molecule has 0 aliphatic carbocycles. The van der Waals surface area contributed by atoms with Crippen LogP contribution >= 0.6 is 27.3 Å². The van der Waals surface area contributed by atoms with Gasteiger partial charge in [-0.3, -0.25) is 0 Å². The number of hydrogen-bond donors (Lipinski definition) is 1. The topological polar surface area (TPSA) is 67.4 Å². The van der Waals surface area contributed by atoms with Crippen LogP contribution in [0.1, 0.15) is 17.7 Å². The first-order valence-electron chi connectivity index (χ1n) is 7.40. The van der Waals surface area contributed by atoms with Crippen LogP contribution in [-0.2, 0) is 6.54 Å². The fraction of sp³-hybridized carbons (Fsp3) is 0.400. The first kappa shape index (κ1) is 16.2. The van der Waals surface area contributed by atoms with E-state index in [4.69, 9.17) is 4.74 Å². The number of halogens is 1. The summed E-state index contributed by atoms with van der Waals surface area (Å²) in [5.74, 6) is 0. The number of nitrogens with zero attached hydrogens (tertiary/aromatic N) is 3. The second-order valence-corrected chi connectivity index (χ2v) is 7.20. The number of likely N-dealkylation sites (tertiary alicyclic amines) is 1. The van der Waals surface area contributed by atoms with Crippen molar-refractivity contribution in [1.29, 1.82) is 0 Å². The Morgan fingerprint density at radius 1 is 1.48 bits per heavy atom. The number of carbonyl (C=O) groups is 1. The molecule has 1 fully saturated rings. The average Bonchev–Trinajstić information content (AvgIpc) is 3.08. The molecule has 2 amide bonds. The lowest BCUT2D eigenvalue weighted by atomic mass is 10.1. The Hall–Kier alpha value is -1.67. The van der Waals surface area contributed by atoms with E-state index in [-0.39, 0.29) is 12.1 Å². The molecule has 23 heavy (non-hydrogen) atoms. The second kappa shape index (κ2) is 7.74. The van der Waals surface area contributed by atoms with Crippen molar-refractivity contribution >= 4 is 33.3 Å². The molecule has 0 saturated carbocycles. The van der Waals surface area contributed by atoms with Crippen LogP contribution in [0, 0.1) is 0 Å². The van der Waals surface area contributed by atoms with Gasteiger partial charge in [0.15, 0.2) is 0 Å². The Labute approximate surface area is 147 Å². The summed E-state index contributed by atoms with van der Waals surface area (Å²) < 4.78 is 6.59. The molecule has 1 aliphatic heterocycles. The van der Waals surface area contributed by atoms with Crippen LogP contribution in [0.5, 0.6) is 6.01 Å². The van der Waals surface area contributed by atoms with Gasteiger partial charge in [-0.2, -0.15) is 0 Å². The number of urea groups is 1. The lowest BCUT2D eigenvalue weighted by Crippen LogP contribution is -2.48. The van der Waals surface area contributed by atoms with E-state index in [9.17, 15) is 4.79 Å². The van der Waals surface area contributed by atoms with Gasteiger partial charge >= 0.3 is 12.0 Å². The maximum absolute atomic E-state index is 12.3. The molecule has 122 valence electrons. The van der Waals surface area contributed by atoms with Crippen molar-refractivity contribution in [2.75, 3.05) is 13.1 Å². The highest BCUT2D eigenvalue weighted by atomic mass is 79.9. The summed E-state index contributed by atoms with van der Waals surface area (Å²) in [6.07, 6.45) is 5.03. The van der Waals surface area contributed by atoms with Crippen LogP contribution < -0.4 is 10.1 Å². The monoisotopic (exact) mass is 396 g/mol. The summed E-state index contributed by atoms with van der Waals surface area (Å²) >= 11 is 4.93. The second-order valence-electron chi connectivity index (χ2n) is 5.25. The minimum Gasteiger partial charge on any atom is -0.458 e. The molecule has 0 bridgehead atoms. The Kier molecular flexibility index (Phi) is 5.45. The highest BCUT2D eigenvalue weighted by molar-refractivity contribution is 9.10. The van der Waals surface area contributed by atoms with Crippen molar-refractivity contribution in [1.82, 2.24) is 20.2 Å². The van der Waals surface area contributed by atoms with E-state index in [1.54, 1.807) is 28.6 Å². The van der Waals surface area contributed by atoms with Gasteiger partial charge in [0.05, 0.1) is 17.6 Å². The third kappa shape index (κ3) is 4.65. The zero-order valence-corrected chi connectivity index (χ0v) is 14.8. The maximum atomic E-state index is 12.3. The van der Waals surface area contributed by atoms with E-state index in [2.05, 4.69) is 31.2 Å². The van der Waals surface area contributed by atoms with Crippen LogP contribution in [-0.4, -0.2) is 40.1 Å². The Bertz CT molecular complexity index is 635. The van der Waals surface area contributed by atoms with E-state index >= 15 is 0 Å². The lowest BCUT2D eigenvalue weighted by molar-refractivity contribution is 0.0938. The van der Waals surface area contributed by atoms with Gasteiger partial charge in [-0.05, 0) is 40.2 Å². The summed E-state index contributed by atoms with van der Waals surface area (Å²) in [7, 11) is 0. The van der Waals surface area contributed by atoms with Gasteiger partial charge in [-0.1, -0.05) is 6.07 Å². The van der Waals surface area contributed by atoms with Gasteiger partial charge in [0, 0.05) is 23.8 Å². The first-order valence-corrected chi connectivity index (χ1v) is 9.07. The molecular formula is C15H17BrN4O2S. The van der Waals surface area contributed by atoms with Crippen molar-refractivity contribution in [3.63, 3.8) is 0 Å². The molecule has 2 aromatic heterocycles. The van der Waals surface area contributed by atoms with Crippen molar-refractivity contribution in [3.8, 4) is 6.01 Å². The molecule has 1 N–H and O–H groups in total. The Balaban J connectivity index is 1.51. The van der Waals surface area contributed by atoms with Crippen molar-refractivity contribution in [3.05, 3.63) is 39.3 Å². The Morgan fingerprint density at radius 3 is 3.04 bits per heavy atom. The quantitative estimate of drug-likeness (QED) is 0.861. The molecule has 2 aromatic rings. The van der Waals surface area contributed by atoms with Crippen LogP contribution in [0.3, 0.4) is 0 Å². The van der Waals surface area contributed by atoms with Crippen molar-refractivity contribution in [2.45, 2.75) is 25.5 Å². The fourth-order valence-corrected chi connectivity index (χ4v) is 3.27. The molecule has 8 heteroatoms. The molecule has 0 aromatic carbocycles. The van der Waals surface area contributed by atoms with Crippen LogP contribution in [0.25, 0.3) is 0 Å². The largest absolute Gasteiger partial charge is 0.458 e. The molecule has 1 saturated heterocycles. The highest BCUT2D eigenvalue weighted by Gasteiger charge is 2.25. The summed E-state index contributed by atoms with van der Waals surface area (Å²) in [5, 5.41) is 4.96. The van der Waals surface area contributed by atoms with E-state index in [0.29, 0.717) is 19.1 Å². The molecule has 0 radical (unpaired) electrons. The maximum Gasteiger partial charge on any atom is 0.317 e. The van der Waals surface area contributed by atoms with Gasteiger partial charge in [0.2, 0.25) is 0 Å². The smallest absolute Gasteiger partial charge is 0.317 e. The molecule has 0 spiro atoms. The minimum absolute atomic E-state index is 0.0524. The van der Waals surface area contributed by atoms with E-state index in [0.717, 1.165) is 28.7 Å². The molecule has 1 atom stereocenters. The number of thiophene rings is 1.